The number of rotatable bonds is 4. The molecule has 0 saturated carbocycles. The number of halogens is 4. The van der Waals surface area contributed by atoms with Gasteiger partial charge in [-0.05, 0) is 36.8 Å². The van der Waals surface area contributed by atoms with E-state index in [0.29, 0.717) is 11.6 Å². The fraction of sp³-hybridized carbons (Fsp3) is 0.176. The number of amides is 1. The number of hydrogen-bond donors (Lipinski definition) is 3. The van der Waals surface area contributed by atoms with Crippen molar-refractivity contribution in [2.45, 2.75) is 13.1 Å². The zero-order valence-electron chi connectivity index (χ0n) is 13.7. The van der Waals surface area contributed by atoms with Crippen LogP contribution in [0.5, 0.6) is 11.5 Å². The number of phenols is 2. The number of benzene rings is 2. The summed E-state index contributed by atoms with van der Waals surface area (Å²) in [5.41, 5.74) is -1.79. The van der Waals surface area contributed by atoms with Gasteiger partial charge in [0.1, 0.15) is 5.56 Å². The van der Waals surface area contributed by atoms with Crippen molar-refractivity contribution in [1.29, 1.82) is 0 Å². The van der Waals surface area contributed by atoms with Crippen molar-refractivity contribution >= 4 is 29.2 Å². The van der Waals surface area contributed by atoms with Gasteiger partial charge in [0.2, 0.25) is 0 Å². The number of aromatic hydroxyl groups is 2. The number of carbonyl (C=O) groups is 2. The molecule has 0 unspecified atom stereocenters. The van der Waals surface area contributed by atoms with Crippen molar-refractivity contribution in [2.75, 3.05) is 11.9 Å². The third-order valence-corrected chi connectivity index (χ3v) is 3.70. The molecule has 0 bridgehead atoms. The lowest BCUT2D eigenvalue weighted by molar-refractivity contribution is -0.137. The Hall–Kier alpha value is -2.94. The number of aryl methyl sites for hydroxylation is 1. The number of nitrogens with one attached hydrogen (secondary N) is 1. The van der Waals surface area contributed by atoms with E-state index >= 15 is 0 Å². The number of ether oxygens (including phenoxy) is 1. The predicted molar refractivity (Wildman–Crippen MR) is 89.9 cm³/mol. The summed E-state index contributed by atoms with van der Waals surface area (Å²) in [5.74, 6) is -3.42. The van der Waals surface area contributed by atoms with Gasteiger partial charge in [0.25, 0.3) is 5.91 Å². The van der Waals surface area contributed by atoms with E-state index < -0.39 is 53.0 Å². The second-order valence-corrected chi connectivity index (χ2v) is 5.88. The summed E-state index contributed by atoms with van der Waals surface area (Å²) >= 11 is 5.54. The number of carbonyl (C=O) groups excluding carboxylic acids is 2. The number of alkyl halides is 3. The summed E-state index contributed by atoms with van der Waals surface area (Å²) in [4.78, 5) is 23.7. The average molecular weight is 404 g/mol. The SMILES string of the molecule is Cc1ccc(C(=O)OCC(=O)Nc2ccc(Cl)cc2C(F)(F)F)c(O)c1O. The van der Waals surface area contributed by atoms with Gasteiger partial charge in [0.15, 0.2) is 18.1 Å². The van der Waals surface area contributed by atoms with Crippen molar-refractivity contribution < 1.29 is 37.7 Å². The molecule has 0 aliphatic carbocycles. The van der Waals surface area contributed by atoms with Crippen molar-refractivity contribution in [3.63, 3.8) is 0 Å². The van der Waals surface area contributed by atoms with Crippen LogP contribution >= 0.6 is 11.6 Å². The molecule has 0 radical (unpaired) electrons. The first kappa shape index (κ1) is 20.4. The quantitative estimate of drug-likeness (QED) is 0.532. The van der Waals surface area contributed by atoms with Crippen molar-refractivity contribution in [1.82, 2.24) is 0 Å². The molecule has 0 heterocycles. The molecule has 0 atom stereocenters. The molecule has 0 aromatic heterocycles. The van der Waals surface area contributed by atoms with Gasteiger partial charge in [-0.25, -0.2) is 4.79 Å². The minimum absolute atomic E-state index is 0.165. The first-order valence-corrected chi connectivity index (χ1v) is 7.73. The monoisotopic (exact) mass is 403 g/mol. The maximum absolute atomic E-state index is 13.0. The standard InChI is InChI=1S/C17H13ClF3NO5/c1-8-2-4-10(15(25)14(8)24)16(26)27-7-13(23)22-12-5-3-9(18)6-11(12)17(19,20)21/h2-6,24-25H,7H2,1H3,(H,22,23). The highest BCUT2D eigenvalue weighted by Gasteiger charge is 2.34. The minimum Gasteiger partial charge on any atom is -0.504 e. The zero-order chi connectivity index (χ0) is 20.4. The molecule has 2 rings (SSSR count). The lowest BCUT2D eigenvalue weighted by Gasteiger charge is -2.14. The summed E-state index contributed by atoms with van der Waals surface area (Å²) < 4.78 is 43.6. The highest BCUT2D eigenvalue weighted by Crippen LogP contribution is 2.36. The van der Waals surface area contributed by atoms with Gasteiger partial charge >= 0.3 is 12.1 Å². The van der Waals surface area contributed by atoms with Crippen molar-refractivity contribution in [3.05, 3.63) is 52.0 Å². The van der Waals surface area contributed by atoms with Crippen LogP contribution in [0.25, 0.3) is 0 Å². The second kappa shape index (κ2) is 7.75. The summed E-state index contributed by atoms with van der Waals surface area (Å²) in [6.45, 7) is 0.578. The smallest absolute Gasteiger partial charge is 0.418 e. The Kier molecular flexibility index (Phi) is 5.85. The summed E-state index contributed by atoms with van der Waals surface area (Å²) in [5, 5.41) is 21.1. The van der Waals surface area contributed by atoms with Gasteiger partial charge in [-0.1, -0.05) is 17.7 Å². The molecule has 3 N–H and O–H groups in total. The Labute approximate surface area is 156 Å². The first-order chi connectivity index (χ1) is 12.5. The third-order valence-electron chi connectivity index (χ3n) is 3.47. The van der Waals surface area contributed by atoms with E-state index in [1.54, 1.807) is 0 Å². The Morgan fingerprint density at radius 2 is 1.81 bits per heavy atom. The molecule has 2 aromatic rings. The average Bonchev–Trinajstić information content (AvgIpc) is 2.58. The molecular formula is C17H13ClF3NO5. The minimum atomic E-state index is -4.75. The summed E-state index contributed by atoms with van der Waals surface area (Å²) in [6, 6.07) is 5.29. The van der Waals surface area contributed by atoms with Crippen LogP contribution in [0, 0.1) is 6.92 Å². The number of anilines is 1. The van der Waals surface area contributed by atoms with Crippen LogP contribution < -0.4 is 5.32 Å². The van der Waals surface area contributed by atoms with Crippen LogP contribution in [0.4, 0.5) is 18.9 Å². The molecule has 27 heavy (non-hydrogen) atoms. The van der Waals surface area contributed by atoms with Gasteiger partial charge in [0.05, 0.1) is 11.3 Å². The van der Waals surface area contributed by atoms with E-state index in [1.807, 2.05) is 5.32 Å². The molecule has 0 fully saturated rings. The molecule has 0 spiro atoms. The highest BCUT2D eigenvalue weighted by atomic mass is 35.5. The molecule has 144 valence electrons. The van der Waals surface area contributed by atoms with Gasteiger partial charge in [-0.2, -0.15) is 13.2 Å². The first-order valence-electron chi connectivity index (χ1n) is 7.36. The lowest BCUT2D eigenvalue weighted by atomic mass is 10.1. The largest absolute Gasteiger partial charge is 0.504 e. The molecule has 1 amide bonds. The van der Waals surface area contributed by atoms with Gasteiger partial charge < -0.3 is 20.3 Å². The zero-order valence-corrected chi connectivity index (χ0v) is 14.5. The van der Waals surface area contributed by atoms with E-state index in [1.165, 1.54) is 19.1 Å². The van der Waals surface area contributed by atoms with Crippen LogP contribution in [0.2, 0.25) is 5.02 Å². The molecule has 6 nitrogen and oxygen atoms in total. The van der Waals surface area contributed by atoms with Crippen LogP contribution in [0.1, 0.15) is 21.5 Å². The van der Waals surface area contributed by atoms with E-state index in [-0.39, 0.29) is 5.02 Å². The van der Waals surface area contributed by atoms with Gasteiger partial charge in [-0.3, -0.25) is 4.79 Å². The van der Waals surface area contributed by atoms with Crippen LogP contribution in [0.15, 0.2) is 30.3 Å². The Morgan fingerprint density at radius 3 is 2.44 bits per heavy atom. The molecule has 10 heteroatoms. The Morgan fingerprint density at radius 1 is 1.15 bits per heavy atom. The Balaban J connectivity index is 2.08. The predicted octanol–water partition coefficient (Wildman–Crippen LogP) is 3.87. The van der Waals surface area contributed by atoms with Crippen LogP contribution in [-0.4, -0.2) is 28.7 Å². The summed E-state index contributed by atoms with van der Waals surface area (Å²) in [6.07, 6.45) is -4.75. The number of hydrogen-bond acceptors (Lipinski definition) is 5. The summed E-state index contributed by atoms with van der Waals surface area (Å²) in [7, 11) is 0. The number of phenolic OH excluding ortho intramolecular Hbond substituents is 2. The molecular weight excluding hydrogens is 391 g/mol. The lowest BCUT2D eigenvalue weighted by Crippen LogP contribution is -2.22. The topological polar surface area (TPSA) is 95.9 Å². The van der Waals surface area contributed by atoms with E-state index in [9.17, 15) is 33.0 Å². The molecule has 0 saturated heterocycles. The van der Waals surface area contributed by atoms with Crippen molar-refractivity contribution in [2.24, 2.45) is 0 Å². The van der Waals surface area contributed by atoms with E-state index in [0.717, 1.165) is 12.1 Å². The molecule has 2 aromatic carbocycles. The maximum Gasteiger partial charge on any atom is 0.418 e. The van der Waals surface area contributed by atoms with E-state index in [2.05, 4.69) is 4.74 Å². The fourth-order valence-electron chi connectivity index (χ4n) is 2.10. The fourth-order valence-corrected chi connectivity index (χ4v) is 2.27. The maximum atomic E-state index is 13.0. The second-order valence-electron chi connectivity index (χ2n) is 5.44. The molecule has 0 aliphatic rings. The molecule has 0 aliphatic heterocycles. The normalized spacial score (nSPS) is 11.1. The van der Waals surface area contributed by atoms with E-state index in [4.69, 9.17) is 11.6 Å². The van der Waals surface area contributed by atoms with Crippen molar-refractivity contribution in [3.8, 4) is 11.5 Å². The van der Waals surface area contributed by atoms with Crippen LogP contribution in [-0.2, 0) is 15.7 Å². The van der Waals surface area contributed by atoms with Gasteiger partial charge in [-0.15, -0.1) is 0 Å². The van der Waals surface area contributed by atoms with Gasteiger partial charge in [0, 0.05) is 5.02 Å². The highest BCUT2D eigenvalue weighted by molar-refractivity contribution is 6.30. The third kappa shape index (κ3) is 4.82. The Bertz CT molecular complexity index is 899. The number of esters is 1. The van der Waals surface area contributed by atoms with Crippen LogP contribution in [0.3, 0.4) is 0 Å².